The van der Waals surface area contributed by atoms with Gasteiger partial charge in [-0.05, 0) is 44.5 Å². The number of amides is 1. The van der Waals surface area contributed by atoms with Crippen LogP contribution in [0.3, 0.4) is 0 Å². The highest BCUT2D eigenvalue weighted by Crippen LogP contribution is 2.22. The van der Waals surface area contributed by atoms with Gasteiger partial charge in [0, 0.05) is 22.1 Å². The van der Waals surface area contributed by atoms with Crippen molar-refractivity contribution in [1.29, 1.82) is 0 Å². The minimum Gasteiger partial charge on any atom is -0.450 e. The first-order chi connectivity index (χ1) is 12.3. The molecule has 0 unspecified atom stereocenters. The first-order valence-corrected chi connectivity index (χ1v) is 8.16. The average Bonchev–Trinajstić information content (AvgIpc) is 3.01. The summed E-state index contributed by atoms with van der Waals surface area (Å²) < 4.78 is 6.43. The van der Waals surface area contributed by atoms with Crippen molar-refractivity contribution in [3.05, 3.63) is 52.1 Å². The number of rotatable bonds is 4. The van der Waals surface area contributed by atoms with Gasteiger partial charge in [0.1, 0.15) is 0 Å². The van der Waals surface area contributed by atoms with Gasteiger partial charge in [-0.1, -0.05) is 17.7 Å². The first-order valence-electron chi connectivity index (χ1n) is 7.78. The topological polar surface area (TPSA) is 98.5 Å². The van der Waals surface area contributed by atoms with Gasteiger partial charge in [-0.15, -0.1) is 5.10 Å². The summed E-state index contributed by atoms with van der Waals surface area (Å²) in [5, 5.41) is 7.24. The van der Waals surface area contributed by atoms with E-state index < -0.39 is 18.5 Å². The zero-order valence-electron chi connectivity index (χ0n) is 14.4. The number of anilines is 1. The smallest absolute Gasteiger partial charge is 0.378 e. The summed E-state index contributed by atoms with van der Waals surface area (Å²) in [5.41, 5.74) is 2.83. The van der Waals surface area contributed by atoms with Crippen molar-refractivity contribution in [3.63, 3.8) is 0 Å². The molecule has 0 spiro atoms. The molecule has 0 aliphatic heterocycles. The number of aryl methyl sites for hydroxylation is 2. The molecule has 9 heteroatoms. The van der Waals surface area contributed by atoms with Crippen molar-refractivity contribution in [2.24, 2.45) is 0 Å². The molecular weight excluding hydrogens is 358 g/mol. The third kappa shape index (κ3) is 3.65. The molecule has 0 aliphatic rings. The van der Waals surface area contributed by atoms with Crippen LogP contribution in [0.2, 0.25) is 5.02 Å². The number of benzene rings is 1. The third-order valence-electron chi connectivity index (χ3n) is 3.68. The Morgan fingerprint density at radius 3 is 2.77 bits per heavy atom. The van der Waals surface area contributed by atoms with Crippen molar-refractivity contribution < 1.29 is 14.3 Å². The number of nitrogens with zero attached hydrogens (tertiary/aromatic N) is 4. The predicted octanol–water partition coefficient (Wildman–Crippen LogP) is 2.50. The highest BCUT2D eigenvalue weighted by Gasteiger charge is 2.18. The second kappa shape index (κ2) is 7.09. The Morgan fingerprint density at radius 2 is 2.00 bits per heavy atom. The number of carbonyl (C=O) groups excluding carboxylic acids is 2. The molecule has 0 radical (unpaired) electrons. The number of hydrogen-bond donors (Lipinski definition) is 1. The fourth-order valence-electron chi connectivity index (χ4n) is 2.38. The van der Waals surface area contributed by atoms with E-state index in [0.717, 1.165) is 17.0 Å². The second-order valence-corrected chi connectivity index (χ2v) is 6.13. The normalized spacial score (nSPS) is 10.8. The van der Waals surface area contributed by atoms with E-state index in [-0.39, 0.29) is 5.82 Å². The molecule has 0 saturated carbocycles. The Labute approximate surface area is 154 Å². The lowest BCUT2D eigenvalue weighted by atomic mass is 10.2. The standard InChI is InChI=1S/C17H16ClN5O3/c1-9-7-10(2)23-17(19-9)21-15(22-23)16(25)26-8-14(24)20-13-6-4-5-12(18)11(13)3/h4-7H,8H2,1-3H3,(H,20,24). The molecule has 3 rings (SSSR count). The summed E-state index contributed by atoms with van der Waals surface area (Å²) in [6.45, 7) is 4.96. The number of halogens is 1. The van der Waals surface area contributed by atoms with E-state index in [1.54, 1.807) is 25.1 Å². The SMILES string of the molecule is Cc1cc(C)n2nc(C(=O)OCC(=O)Nc3cccc(Cl)c3C)nc2n1. The van der Waals surface area contributed by atoms with Gasteiger partial charge < -0.3 is 10.1 Å². The summed E-state index contributed by atoms with van der Waals surface area (Å²) >= 11 is 6.01. The summed E-state index contributed by atoms with van der Waals surface area (Å²) in [5.74, 6) is -1.14. The third-order valence-corrected chi connectivity index (χ3v) is 4.09. The minimum absolute atomic E-state index is 0.155. The van der Waals surface area contributed by atoms with E-state index in [1.807, 2.05) is 19.9 Å². The van der Waals surface area contributed by atoms with Gasteiger partial charge in [0.2, 0.25) is 0 Å². The van der Waals surface area contributed by atoms with E-state index in [1.165, 1.54) is 4.52 Å². The van der Waals surface area contributed by atoms with Crippen LogP contribution >= 0.6 is 11.6 Å². The average molecular weight is 374 g/mol. The molecular formula is C17H16ClN5O3. The lowest BCUT2D eigenvalue weighted by Crippen LogP contribution is -2.21. The number of fused-ring (bicyclic) bond motifs is 1. The molecule has 1 amide bonds. The molecule has 3 aromatic rings. The molecule has 8 nitrogen and oxygen atoms in total. The highest BCUT2D eigenvalue weighted by molar-refractivity contribution is 6.31. The number of carbonyl (C=O) groups is 2. The molecule has 1 aromatic carbocycles. The minimum atomic E-state index is -0.800. The van der Waals surface area contributed by atoms with E-state index in [0.29, 0.717) is 16.5 Å². The molecule has 2 heterocycles. The van der Waals surface area contributed by atoms with Crippen LogP contribution in [0.4, 0.5) is 5.69 Å². The Kier molecular flexibility index (Phi) is 4.85. The van der Waals surface area contributed by atoms with Crippen LogP contribution in [0, 0.1) is 20.8 Å². The molecule has 0 fully saturated rings. The zero-order valence-corrected chi connectivity index (χ0v) is 15.2. The molecule has 26 heavy (non-hydrogen) atoms. The van der Waals surface area contributed by atoms with E-state index >= 15 is 0 Å². The fourth-order valence-corrected chi connectivity index (χ4v) is 2.55. The zero-order chi connectivity index (χ0) is 18.8. The predicted molar refractivity (Wildman–Crippen MR) is 95.4 cm³/mol. The molecule has 1 N–H and O–H groups in total. The summed E-state index contributed by atoms with van der Waals surface area (Å²) in [6, 6.07) is 6.97. The molecule has 0 atom stereocenters. The quantitative estimate of drug-likeness (QED) is 0.705. The number of aromatic nitrogens is 4. The Morgan fingerprint density at radius 1 is 1.23 bits per heavy atom. The second-order valence-electron chi connectivity index (χ2n) is 5.72. The Hall–Kier alpha value is -3.00. The maximum Gasteiger partial charge on any atom is 0.378 e. The van der Waals surface area contributed by atoms with Crippen LogP contribution in [-0.2, 0) is 9.53 Å². The van der Waals surface area contributed by atoms with Crippen molar-refractivity contribution in [1.82, 2.24) is 19.6 Å². The van der Waals surface area contributed by atoms with Crippen LogP contribution in [0.25, 0.3) is 5.78 Å². The largest absolute Gasteiger partial charge is 0.450 e. The van der Waals surface area contributed by atoms with Crippen LogP contribution < -0.4 is 5.32 Å². The number of esters is 1. The van der Waals surface area contributed by atoms with Gasteiger partial charge in [-0.25, -0.2) is 14.3 Å². The van der Waals surface area contributed by atoms with Crippen LogP contribution in [0.15, 0.2) is 24.3 Å². The van der Waals surface area contributed by atoms with Crippen LogP contribution in [-0.4, -0.2) is 38.1 Å². The summed E-state index contributed by atoms with van der Waals surface area (Å²) in [4.78, 5) is 32.3. The molecule has 0 aliphatic carbocycles. The highest BCUT2D eigenvalue weighted by atomic mass is 35.5. The number of nitrogens with one attached hydrogen (secondary N) is 1. The maximum atomic E-state index is 12.1. The fraction of sp³-hybridized carbons (Fsp3) is 0.235. The van der Waals surface area contributed by atoms with Gasteiger partial charge >= 0.3 is 5.97 Å². The Balaban J connectivity index is 1.66. The molecule has 0 bridgehead atoms. The van der Waals surface area contributed by atoms with Gasteiger partial charge in [-0.3, -0.25) is 4.79 Å². The van der Waals surface area contributed by atoms with Gasteiger partial charge in [0.25, 0.3) is 17.5 Å². The summed E-state index contributed by atoms with van der Waals surface area (Å²) in [6.07, 6.45) is 0. The van der Waals surface area contributed by atoms with E-state index in [2.05, 4.69) is 20.4 Å². The van der Waals surface area contributed by atoms with Crippen molar-refractivity contribution in [3.8, 4) is 0 Å². The van der Waals surface area contributed by atoms with Gasteiger partial charge in [0.15, 0.2) is 6.61 Å². The number of hydrogen-bond acceptors (Lipinski definition) is 6. The molecule has 134 valence electrons. The van der Waals surface area contributed by atoms with Crippen molar-refractivity contribution >= 4 is 34.9 Å². The Bertz CT molecular complexity index is 1020. The van der Waals surface area contributed by atoms with Gasteiger partial charge in [0.05, 0.1) is 0 Å². The lowest BCUT2D eigenvalue weighted by Gasteiger charge is -2.09. The van der Waals surface area contributed by atoms with E-state index in [4.69, 9.17) is 16.3 Å². The lowest BCUT2D eigenvalue weighted by molar-refractivity contribution is -0.119. The van der Waals surface area contributed by atoms with Crippen LogP contribution in [0.5, 0.6) is 0 Å². The first kappa shape index (κ1) is 17.8. The van der Waals surface area contributed by atoms with Crippen molar-refractivity contribution in [2.75, 3.05) is 11.9 Å². The summed E-state index contributed by atoms with van der Waals surface area (Å²) in [7, 11) is 0. The molecule has 2 aromatic heterocycles. The van der Waals surface area contributed by atoms with E-state index in [9.17, 15) is 9.59 Å². The van der Waals surface area contributed by atoms with Crippen LogP contribution in [0.1, 0.15) is 27.6 Å². The maximum absolute atomic E-state index is 12.1. The monoisotopic (exact) mass is 373 g/mol. The number of ether oxygens (including phenoxy) is 1. The van der Waals surface area contributed by atoms with Crippen molar-refractivity contribution in [2.45, 2.75) is 20.8 Å². The molecule has 0 saturated heterocycles. The van der Waals surface area contributed by atoms with Gasteiger partial charge in [-0.2, -0.15) is 4.98 Å².